The van der Waals surface area contributed by atoms with Crippen LogP contribution in [0.15, 0.2) is 48.0 Å². The van der Waals surface area contributed by atoms with Gasteiger partial charge in [-0.3, -0.25) is 9.59 Å². The lowest BCUT2D eigenvalue weighted by molar-refractivity contribution is -0.120. The van der Waals surface area contributed by atoms with Gasteiger partial charge in [0, 0.05) is 16.8 Å². The van der Waals surface area contributed by atoms with Gasteiger partial charge in [-0.15, -0.1) is 0 Å². The molecule has 0 radical (unpaired) electrons. The summed E-state index contributed by atoms with van der Waals surface area (Å²) in [6.07, 6.45) is 0.555. The summed E-state index contributed by atoms with van der Waals surface area (Å²) in [7, 11) is 0. The zero-order valence-electron chi connectivity index (χ0n) is 17.1. The minimum absolute atomic E-state index is 0.00783. The van der Waals surface area contributed by atoms with E-state index in [-0.39, 0.29) is 23.3 Å². The fraction of sp³-hybridized carbons (Fsp3) is 0.227. The number of halogens is 2. The summed E-state index contributed by atoms with van der Waals surface area (Å²) < 4.78 is 14.2. The van der Waals surface area contributed by atoms with Crippen molar-refractivity contribution < 1.29 is 14.0 Å². The van der Waals surface area contributed by atoms with Crippen molar-refractivity contribution in [3.8, 4) is 0 Å². The predicted octanol–water partition coefficient (Wildman–Crippen LogP) is 3.87. The average molecular weight is 433 g/mol. The van der Waals surface area contributed by atoms with Crippen molar-refractivity contribution in [1.82, 2.24) is 5.32 Å². The number of carbonyl (C=O) groups excluding carboxylic acids is 2. The zero-order valence-corrected chi connectivity index (χ0v) is 17.9. The van der Waals surface area contributed by atoms with Gasteiger partial charge in [-0.25, -0.2) is 4.39 Å². The lowest BCUT2D eigenvalue weighted by Gasteiger charge is -2.19. The molecule has 0 saturated heterocycles. The molecule has 0 aromatic heterocycles. The van der Waals surface area contributed by atoms with Gasteiger partial charge in [0.1, 0.15) is 5.82 Å². The molecule has 2 amide bonds. The van der Waals surface area contributed by atoms with Gasteiger partial charge in [0.05, 0.1) is 23.7 Å². The highest BCUT2D eigenvalue weighted by Gasteiger charge is 2.21. The first-order valence-corrected chi connectivity index (χ1v) is 9.72. The number of nitrogens with two attached hydrogens (primary N) is 2. The minimum Gasteiger partial charge on any atom is -0.397 e. The summed E-state index contributed by atoms with van der Waals surface area (Å²) in [6.45, 7) is 5.72. The molecule has 30 heavy (non-hydrogen) atoms. The van der Waals surface area contributed by atoms with E-state index in [9.17, 15) is 14.0 Å². The van der Waals surface area contributed by atoms with Crippen molar-refractivity contribution in [3.05, 3.63) is 75.6 Å². The number of amides is 2. The van der Waals surface area contributed by atoms with Crippen molar-refractivity contribution in [2.24, 2.45) is 11.5 Å². The summed E-state index contributed by atoms with van der Waals surface area (Å²) in [6, 6.07) is 10.2. The first kappa shape index (κ1) is 24.8. The number of hydrogen-bond donors (Lipinski definition) is 4. The van der Waals surface area contributed by atoms with Gasteiger partial charge < -0.3 is 22.2 Å². The summed E-state index contributed by atoms with van der Waals surface area (Å²) in [5.74, 6) is -1.98. The quantitative estimate of drug-likeness (QED) is 0.392. The summed E-state index contributed by atoms with van der Waals surface area (Å²) in [5.41, 5.74) is 12.1. The van der Waals surface area contributed by atoms with Crippen molar-refractivity contribution in [2.45, 2.75) is 33.2 Å². The van der Waals surface area contributed by atoms with E-state index < -0.39 is 23.7 Å². The third-order valence-corrected chi connectivity index (χ3v) is 4.29. The fourth-order valence-electron chi connectivity index (χ4n) is 2.66. The largest absolute Gasteiger partial charge is 0.397 e. The van der Waals surface area contributed by atoms with Gasteiger partial charge in [-0.05, 0) is 42.3 Å². The molecular formula is C22H26ClFN4O2. The molecular weight excluding hydrogens is 407 g/mol. The van der Waals surface area contributed by atoms with E-state index in [0.29, 0.717) is 16.1 Å². The Hall–Kier alpha value is -3.19. The van der Waals surface area contributed by atoms with Crippen LogP contribution < -0.4 is 16.8 Å². The van der Waals surface area contributed by atoms with Crippen molar-refractivity contribution in [3.63, 3.8) is 0 Å². The van der Waals surface area contributed by atoms with Gasteiger partial charge in [-0.1, -0.05) is 43.6 Å². The van der Waals surface area contributed by atoms with E-state index in [1.807, 2.05) is 13.8 Å². The lowest BCUT2D eigenvalue weighted by Crippen LogP contribution is -2.34. The molecule has 0 heterocycles. The number of benzene rings is 2. The molecule has 0 spiro atoms. The molecule has 6 N–H and O–H groups in total. The lowest BCUT2D eigenvalue weighted by atomic mass is 10.0. The van der Waals surface area contributed by atoms with E-state index in [4.69, 9.17) is 28.5 Å². The molecule has 8 heteroatoms. The molecule has 1 unspecified atom stereocenters. The van der Waals surface area contributed by atoms with E-state index in [1.165, 1.54) is 12.1 Å². The second-order valence-electron chi connectivity index (χ2n) is 6.21. The summed E-state index contributed by atoms with van der Waals surface area (Å²) in [5, 5.41) is 10.6. The van der Waals surface area contributed by atoms with Crippen LogP contribution in [-0.2, 0) is 9.59 Å². The van der Waals surface area contributed by atoms with E-state index >= 15 is 0 Å². The zero-order chi connectivity index (χ0) is 22.8. The van der Waals surface area contributed by atoms with Crippen LogP contribution in [0.25, 0.3) is 5.70 Å². The number of hydrogen-bond acceptors (Lipinski definition) is 4. The highest BCUT2D eigenvalue weighted by atomic mass is 35.5. The molecule has 160 valence electrons. The number of carbonyl (C=O) groups is 2. The summed E-state index contributed by atoms with van der Waals surface area (Å²) >= 11 is 5.98. The molecule has 0 saturated carbocycles. The molecule has 0 aliphatic rings. The normalized spacial score (nSPS) is 12.0. The first-order chi connectivity index (χ1) is 14.2. The molecule has 0 aliphatic heterocycles. The Balaban J connectivity index is 0.00000218. The van der Waals surface area contributed by atoms with Crippen LogP contribution >= 0.6 is 11.6 Å². The molecule has 2 aromatic carbocycles. The molecule has 6 nitrogen and oxygen atoms in total. The predicted molar refractivity (Wildman–Crippen MR) is 119 cm³/mol. The Morgan fingerprint density at radius 2 is 1.87 bits per heavy atom. The van der Waals surface area contributed by atoms with Gasteiger partial charge in [0.15, 0.2) is 0 Å². The van der Waals surface area contributed by atoms with Gasteiger partial charge in [0.2, 0.25) is 5.91 Å². The van der Waals surface area contributed by atoms with Crippen molar-refractivity contribution in [2.75, 3.05) is 0 Å². The number of rotatable bonds is 7. The highest BCUT2D eigenvalue weighted by Crippen LogP contribution is 2.22. The average Bonchev–Trinajstić information content (AvgIpc) is 2.69. The van der Waals surface area contributed by atoms with Crippen LogP contribution in [-0.4, -0.2) is 18.0 Å². The Morgan fingerprint density at radius 1 is 1.20 bits per heavy atom. The standard InChI is InChI=1S/C20H20ClFN4O2.C2H6/c1-11-5-6-14(16(22)7-11)19(25)15(10-23)20(28)26-17(9-18(24)27)12-3-2-4-13(21)8-12;1-2/h2-8,10,17,23H,9,25H2,1H3,(H2,24,27)(H,26,28);1-2H3/b19-15+,23-10?;. The van der Waals surface area contributed by atoms with Crippen LogP contribution in [0.1, 0.15) is 43.0 Å². The van der Waals surface area contributed by atoms with Gasteiger partial charge in [-0.2, -0.15) is 0 Å². The molecule has 2 rings (SSSR count). The smallest absolute Gasteiger partial charge is 0.255 e. The Bertz CT molecular complexity index is 960. The van der Waals surface area contributed by atoms with Crippen LogP contribution in [0.4, 0.5) is 4.39 Å². The number of primary amides is 1. The molecule has 0 fully saturated rings. The maximum Gasteiger partial charge on any atom is 0.255 e. The van der Waals surface area contributed by atoms with Gasteiger partial charge >= 0.3 is 0 Å². The van der Waals surface area contributed by atoms with Crippen LogP contribution in [0, 0.1) is 18.2 Å². The van der Waals surface area contributed by atoms with Crippen LogP contribution in [0.2, 0.25) is 5.02 Å². The molecule has 1 atom stereocenters. The molecule has 0 aliphatic carbocycles. The maximum atomic E-state index is 14.2. The molecule has 0 bridgehead atoms. The summed E-state index contributed by atoms with van der Waals surface area (Å²) in [4.78, 5) is 24.1. The third-order valence-electron chi connectivity index (χ3n) is 4.06. The second kappa shape index (κ2) is 11.7. The minimum atomic E-state index is -0.783. The third kappa shape index (κ3) is 6.70. The highest BCUT2D eigenvalue weighted by molar-refractivity contribution is 6.30. The topological polar surface area (TPSA) is 122 Å². The van der Waals surface area contributed by atoms with E-state index in [1.54, 1.807) is 37.3 Å². The number of aryl methyl sites for hydroxylation is 1. The maximum absolute atomic E-state index is 14.2. The van der Waals surface area contributed by atoms with Crippen LogP contribution in [0.5, 0.6) is 0 Å². The van der Waals surface area contributed by atoms with E-state index in [0.717, 1.165) is 6.21 Å². The van der Waals surface area contributed by atoms with Gasteiger partial charge in [0.25, 0.3) is 5.91 Å². The second-order valence-corrected chi connectivity index (χ2v) is 6.64. The van der Waals surface area contributed by atoms with Crippen molar-refractivity contribution in [1.29, 1.82) is 5.41 Å². The fourth-order valence-corrected chi connectivity index (χ4v) is 2.86. The Morgan fingerprint density at radius 3 is 2.40 bits per heavy atom. The SMILES string of the molecule is CC.Cc1ccc(/C(N)=C(/C=N)C(=O)NC(CC(N)=O)c2cccc(Cl)c2)c(F)c1. The Labute approximate surface area is 180 Å². The first-order valence-electron chi connectivity index (χ1n) is 9.34. The van der Waals surface area contributed by atoms with Crippen molar-refractivity contribution >= 4 is 35.3 Å². The monoisotopic (exact) mass is 432 g/mol. The number of nitrogens with one attached hydrogen (secondary N) is 2. The van der Waals surface area contributed by atoms with E-state index in [2.05, 4.69) is 5.32 Å². The van der Waals surface area contributed by atoms with Crippen LogP contribution in [0.3, 0.4) is 0 Å². The Kier molecular flexibility index (Phi) is 9.71. The molecule has 2 aromatic rings.